The summed E-state index contributed by atoms with van der Waals surface area (Å²) in [4.78, 5) is 0. The number of aromatic nitrogens is 1. The van der Waals surface area contributed by atoms with Crippen molar-refractivity contribution in [2.75, 3.05) is 0 Å². The molecule has 0 aliphatic carbocycles. The van der Waals surface area contributed by atoms with Crippen LogP contribution in [-0.2, 0) is 7.05 Å². The van der Waals surface area contributed by atoms with Gasteiger partial charge in [-0.2, -0.15) is 5.26 Å². The van der Waals surface area contributed by atoms with E-state index in [-0.39, 0.29) is 0 Å². The highest BCUT2D eigenvalue weighted by molar-refractivity contribution is 6.89. The molecule has 0 saturated carbocycles. The summed E-state index contributed by atoms with van der Waals surface area (Å²) in [5.74, 6) is 0. The summed E-state index contributed by atoms with van der Waals surface area (Å²) in [6.07, 6.45) is 2.06. The monoisotopic (exact) mass is 447 g/mol. The van der Waals surface area contributed by atoms with Crippen LogP contribution in [0, 0.1) is 18.3 Å². The number of rotatable bonds is 3. The lowest BCUT2D eigenvalue weighted by atomic mass is 9.97. The number of nitrogens with zero attached hydrogens (tertiary/aromatic N) is 2. The minimum Gasteiger partial charge on any atom is -0.454 e. The zero-order valence-corrected chi connectivity index (χ0v) is 20.7. The summed E-state index contributed by atoms with van der Waals surface area (Å²) < 4.78 is 8.85. The Morgan fingerprint density at radius 3 is 2.30 bits per heavy atom. The van der Waals surface area contributed by atoms with Crippen molar-refractivity contribution in [3.63, 3.8) is 0 Å². The smallest absolute Gasteiger partial charge is 0.216 e. The van der Waals surface area contributed by atoms with E-state index in [2.05, 4.69) is 99.0 Å². The molecule has 2 heterocycles. The fourth-order valence-electron chi connectivity index (χ4n) is 4.82. The summed E-state index contributed by atoms with van der Waals surface area (Å²) in [6, 6.07) is 25.4. The van der Waals surface area contributed by atoms with E-state index in [1.165, 1.54) is 10.8 Å². The Morgan fingerprint density at radius 2 is 1.58 bits per heavy atom. The number of benzene rings is 3. The van der Waals surface area contributed by atoms with Crippen molar-refractivity contribution in [3.05, 3.63) is 84.1 Å². The lowest BCUT2D eigenvalue weighted by Gasteiger charge is -2.22. The maximum atomic E-state index is 9.97. The maximum absolute atomic E-state index is 9.97. The van der Waals surface area contributed by atoms with Gasteiger partial charge in [0.2, 0.25) is 5.69 Å². The van der Waals surface area contributed by atoms with Crippen LogP contribution in [0.1, 0.15) is 11.1 Å². The summed E-state index contributed by atoms with van der Waals surface area (Å²) in [5, 5.41) is 13.4. The molecule has 0 N–H and O–H groups in total. The van der Waals surface area contributed by atoms with Crippen molar-refractivity contribution in [2.45, 2.75) is 26.6 Å². The minimum atomic E-state index is -1.71. The number of hydrogen-bond donors (Lipinski definition) is 0. The van der Waals surface area contributed by atoms with Gasteiger partial charge in [0.25, 0.3) is 0 Å². The van der Waals surface area contributed by atoms with Gasteiger partial charge in [0.05, 0.1) is 25.3 Å². The van der Waals surface area contributed by atoms with Crippen LogP contribution in [0.15, 0.2) is 77.3 Å². The molecular weight excluding hydrogens is 420 g/mol. The van der Waals surface area contributed by atoms with Crippen molar-refractivity contribution < 1.29 is 8.98 Å². The third-order valence-corrected chi connectivity index (χ3v) is 8.48. The average Bonchev–Trinajstić information content (AvgIpc) is 3.17. The number of hydrogen-bond acceptors (Lipinski definition) is 2. The van der Waals surface area contributed by atoms with E-state index < -0.39 is 8.07 Å². The van der Waals surface area contributed by atoms with Crippen LogP contribution in [0.5, 0.6) is 0 Å². The SMILES string of the molecule is Cc1ccc2c(oc3c(-c4c(C#N)cccc4[Si](C)(C)C)cccc32)c1-c1cccc[n+]1C. The fourth-order valence-corrected chi connectivity index (χ4v) is 6.43. The van der Waals surface area contributed by atoms with Gasteiger partial charge in [-0.1, -0.05) is 67.3 Å². The van der Waals surface area contributed by atoms with Crippen molar-refractivity contribution >= 4 is 35.2 Å². The van der Waals surface area contributed by atoms with Crippen LogP contribution in [-0.4, -0.2) is 8.07 Å². The number of fused-ring (bicyclic) bond motifs is 3. The Labute approximate surface area is 195 Å². The first-order chi connectivity index (χ1) is 15.8. The zero-order valence-electron chi connectivity index (χ0n) is 19.7. The second-order valence-electron chi connectivity index (χ2n) is 9.71. The quantitative estimate of drug-likeness (QED) is 0.235. The van der Waals surface area contributed by atoms with Crippen LogP contribution >= 0.6 is 0 Å². The molecule has 0 fully saturated rings. The van der Waals surface area contributed by atoms with E-state index in [4.69, 9.17) is 4.42 Å². The van der Waals surface area contributed by atoms with Gasteiger partial charge < -0.3 is 4.42 Å². The van der Waals surface area contributed by atoms with Gasteiger partial charge in [0, 0.05) is 34.0 Å². The molecule has 3 nitrogen and oxygen atoms in total. The molecule has 162 valence electrons. The molecular formula is C29H27N2OSi+. The Bertz CT molecular complexity index is 1580. The summed E-state index contributed by atoms with van der Waals surface area (Å²) >= 11 is 0. The number of furan rings is 1. The molecule has 5 aromatic rings. The Balaban J connectivity index is 1.91. The molecule has 0 bridgehead atoms. The highest BCUT2D eigenvalue weighted by atomic mass is 28.3. The largest absolute Gasteiger partial charge is 0.454 e. The number of pyridine rings is 1. The van der Waals surface area contributed by atoms with Gasteiger partial charge in [-0.15, -0.1) is 0 Å². The van der Waals surface area contributed by atoms with Gasteiger partial charge >= 0.3 is 0 Å². The summed E-state index contributed by atoms with van der Waals surface area (Å²) in [6.45, 7) is 9.10. The Kier molecular flexibility index (Phi) is 4.95. The van der Waals surface area contributed by atoms with Crippen LogP contribution in [0.4, 0.5) is 0 Å². The molecule has 0 amide bonds. The third-order valence-electron chi connectivity index (χ3n) is 6.45. The van der Waals surface area contributed by atoms with Crippen molar-refractivity contribution in [1.82, 2.24) is 0 Å². The van der Waals surface area contributed by atoms with Crippen LogP contribution in [0.2, 0.25) is 19.6 Å². The molecule has 33 heavy (non-hydrogen) atoms. The molecule has 5 rings (SSSR count). The van der Waals surface area contributed by atoms with E-state index in [1.807, 2.05) is 18.2 Å². The normalized spacial score (nSPS) is 11.8. The standard InChI is InChI=1S/C29H27N2OSi/c1-19-15-16-22-21-11-9-12-23(27-20(18-30)10-8-14-25(27)33(3,4)5)28(21)32-29(22)26(19)24-13-6-7-17-31(24)2/h6-17H,1-5H3/q+1. The van der Waals surface area contributed by atoms with E-state index in [0.717, 1.165) is 44.3 Å². The first-order valence-corrected chi connectivity index (χ1v) is 14.7. The van der Waals surface area contributed by atoms with Crippen molar-refractivity contribution in [1.29, 1.82) is 5.26 Å². The van der Waals surface area contributed by atoms with E-state index in [0.29, 0.717) is 5.56 Å². The molecule has 0 aliphatic rings. The molecule has 0 atom stereocenters. The van der Waals surface area contributed by atoms with Crippen LogP contribution < -0.4 is 9.75 Å². The van der Waals surface area contributed by atoms with Crippen molar-refractivity contribution in [2.24, 2.45) is 7.05 Å². The molecule has 0 spiro atoms. The van der Waals surface area contributed by atoms with E-state index in [1.54, 1.807) is 0 Å². The highest BCUT2D eigenvalue weighted by Gasteiger charge is 2.26. The molecule has 0 aliphatic heterocycles. The topological polar surface area (TPSA) is 40.8 Å². The maximum Gasteiger partial charge on any atom is 0.216 e. The molecule has 4 heteroatoms. The predicted octanol–water partition coefficient (Wildman–Crippen LogP) is 6.47. The van der Waals surface area contributed by atoms with Gasteiger partial charge in [-0.25, -0.2) is 4.57 Å². The summed E-state index contributed by atoms with van der Waals surface area (Å²) in [5.41, 5.74) is 7.85. The molecule has 2 aromatic heterocycles. The average molecular weight is 448 g/mol. The Hall–Kier alpha value is -3.68. The number of nitriles is 1. The van der Waals surface area contributed by atoms with E-state index in [9.17, 15) is 5.26 Å². The summed E-state index contributed by atoms with van der Waals surface area (Å²) in [7, 11) is 0.350. The molecule has 0 unspecified atom stereocenters. The van der Waals surface area contributed by atoms with Crippen molar-refractivity contribution in [3.8, 4) is 28.5 Å². The molecule has 0 saturated heterocycles. The van der Waals surface area contributed by atoms with Gasteiger partial charge in [-0.3, -0.25) is 0 Å². The molecule has 3 aromatic carbocycles. The highest BCUT2D eigenvalue weighted by Crippen LogP contribution is 2.41. The lowest BCUT2D eigenvalue weighted by Crippen LogP contribution is -2.39. The molecule has 0 radical (unpaired) electrons. The van der Waals surface area contributed by atoms with Gasteiger partial charge in [0.15, 0.2) is 6.20 Å². The van der Waals surface area contributed by atoms with Crippen LogP contribution in [0.3, 0.4) is 0 Å². The third kappa shape index (κ3) is 3.37. The zero-order chi connectivity index (χ0) is 23.3. The van der Waals surface area contributed by atoms with E-state index >= 15 is 0 Å². The second kappa shape index (κ2) is 7.72. The predicted molar refractivity (Wildman–Crippen MR) is 138 cm³/mol. The second-order valence-corrected chi connectivity index (χ2v) is 14.7. The van der Waals surface area contributed by atoms with Crippen LogP contribution in [0.25, 0.3) is 44.3 Å². The Morgan fingerprint density at radius 1 is 0.818 bits per heavy atom. The first-order valence-electron chi connectivity index (χ1n) is 11.2. The number of aryl methyl sites for hydroxylation is 2. The minimum absolute atomic E-state index is 0.703. The fraction of sp³-hybridized carbons (Fsp3) is 0.172. The lowest BCUT2D eigenvalue weighted by molar-refractivity contribution is -0.660. The van der Waals surface area contributed by atoms with Gasteiger partial charge in [-0.05, 0) is 24.6 Å². The van der Waals surface area contributed by atoms with Gasteiger partial charge in [0.1, 0.15) is 18.2 Å². The first kappa shape index (κ1) is 21.2. The number of para-hydroxylation sites is 1.